The summed E-state index contributed by atoms with van der Waals surface area (Å²) >= 11 is 0. The van der Waals surface area contributed by atoms with Crippen molar-refractivity contribution in [2.24, 2.45) is 0 Å². The maximum Gasteiger partial charge on any atom is 0.407 e. The van der Waals surface area contributed by atoms with Crippen LogP contribution in [0.25, 0.3) is 6.08 Å². The molecule has 5 nitrogen and oxygen atoms in total. The van der Waals surface area contributed by atoms with E-state index in [2.05, 4.69) is 5.32 Å². The van der Waals surface area contributed by atoms with Gasteiger partial charge in [-0.3, -0.25) is 0 Å². The lowest BCUT2D eigenvalue weighted by molar-refractivity contribution is 0.0526. The third kappa shape index (κ3) is 6.93. The van der Waals surface area contributed by atoms with E-state index in [9.17, 15) is 14.0 Å². The topological polar surface area (TPSA) is 64.6 Å². The highest BCUT2D eigenvalue weighted by molar-refractivity contribution is 5.93. The maximum absolute atomic E-state index is 13.4. The molecule has 0 saturated heterocycles. The lowest BCUT2D eigenvalue weighted by Gasteiger charge is -2.07. The van der Waals surface area contributed by atoms with Crippen molar-refractivity contribution in [3.63, 3.8) is 0 Å². The smallest absolute Gasteiger partial charge is 0.407 e. The molecular weight excluding hydrogens is 349 g/mol. The summed E-state index contributed by atoms with van der Waals surface area (Å²) < 4.78 is 23.5. The summed E-state index contributed by atoms with van der Waals surface area (Å²) in [4.78, 5) is 23.5. The van der Waals surface area contributed by atoms with Crippen molar-refractivity contribution in [2.45, 2.75) is 20.0 Å². The van der Waals surface area contributed by atoms with Gasteiger partial charge in [0.05, 0.1) is 12.2 Å². The average molecular weight is 371 g/mol. The predicted molar refractivity (Wildman–Crippen MR) is 101 cm³/mol. The van der Waals surface area contributed by atoms with Gasteiger partial charge in [0.1, 0.15) is 12.4 Å². The molecule has 0 spiro atoms. The Morgan fingerprint density at radius 1 is 1.11 bits per heavy atom. The summed E-state index contributed by atoms with van der Waals surface area (Å²) in [6.45, 7) is 2.51. The number of nitrogens with one attached hydrogen (secondary N) is 1. The van der Waals surface area contributed by atoms with Gasteiger partial charge in [0.15, 0.2) is 0 Å². The van der Waals surface area contributed by atoms with Crippen molar-refractivity contribution in [1.82, 2.24) is 5.32 Å². The first-order chi connectivity index (χ1) is 13.1. The summed E-state index contributed by atoms with van der Waals surface area (Å²) in [6, 6.07) is 13.3. The zero-order valence-corrected chi connectivity index (χ0v) is 15.1. The van der Waals surface area contributed by atoms with Crippen LogP contribution in [-0.4, -0.2) is 25.2 Å². The number of ether oxygens (including phenoxy) is 2. The minimum atomic E-state index is -0.509. The van der Waals surface area contributed by atoms with E-state index in [1.165, 1.54) is 18.2 Å². The van der Waals surface area contributed by atoms with Crippen molar-refractivity contribution >= 4 is 18.1 Å². The minimum Gasteiger partial charge on any atom is -0.462 e. The molecule has 0 aliphatic carbocycles. The number of rotatable bonds is 8. The number of alkyl carbamates (subject to hydrolysis) is 1. The largest absolute Gasteiger partial charge is 0.462 e. The Hall–Kier alpha value is -3.15. The molecule has 0 bridgehead atoms. The second-order valence-corrected chi connectivity index (χ2v) is 5.63. The molecule has 2 rings (SSSR count). The van der Waals surface area contributed by atoms with Crippen LogP contribution >= 0.6 is 0 Å². The van der Waals surface area contributed by atoms with Crippen molar-refractivity contribution in [3.05, 3.63) is 77.1 Å². The predicted octanol–water partition coefficient (Wildman–Crippen LogP) is 4.33. The molecule has 0 atom stereocenters. The van der Waals surface area contributed by atoms with Crippen LogP contribution in [0.3, 0.4) is 0 Å². The zero-order chi connectivity index (χ0) is 19.5. The van der Waals surface area contributed by atoms with Gasteiger partial charge in [-0.25, -0.2) is 14.0 Å². The second-order valence-electron chi connectivity index (χ2n) is 5.63. The highest BCUT2D eigenvalue weighted by Crippen LogP contribution is 2.15. The molecule has 0 heterocycles. The van der Waals surface area contributed by atoms with Crippen LogP contribution in [0.15, 0.2) is 54.6 Å². The Labute approximate surface area is 157 Å². The zero-order valence-electron chi connectivity index (χ0n) is 15.1. The molecule has 142 valence electrons. The van der Waals surface area contributed by atoms with Crippen molar-refractivity contribution in [3.8, 4) is 0 Å². The summed E-state index contributed by atoms with van der Waals surface area (Å²) in [6.07, 6.45) is 3.37. The average Bonchev–Trinajstić information content (AvgIpc) is 2.67. The van der Waals surface area contributed by atoms with Gasteiger partial charge >= 0.3 is 12.1 Å². The van der Waals surface area contributed by atoms with E-state index in [1.807, 2.05) is 30.3 Å². The molecule has 0 aromatic heterocycles. The molecule has 0 unspecified atom stereocenters. The van der Waals surface area contributed by atoms with E-state index in [0.29, 0.717) is 24.1 Å². The van der Waals surface area contributed by atoms with E-state index in [4.69, 9.17) is 9.47 Å². The van der Waals surface area contributed by atoms with Gasteiger partial charge in [0.2, 0.25) is 0 Å². The molecule has 0 saturated carbocycles. The minimum absolute atomic E-state index is 0.203. The highest BCUT2D eigenvalue weighted by atomic mass is 19.1. The molecule has 1 amide bonds. The van der Waals surface area contributed by atoms with Crippen LogP contribution in [0.1, 0.15) is 34.8 Å². The van der Waals surface area contributed by atoms with Gasteiger partial charge in [-0.15, -0.1) is 0 Å². The molecule has 0 aliphatic rings. The Morgan fingerprint density at radius 2 is 1.89 bits per heavy atom. The lowest BCUT2D eigenvalue weighted by atomic mass is 10.1. The van der Waals surface area contributed by atoms with Crippen molar-refractivity contribution in [1.29, 1.82) is 0 Å². The van der Waals surface area contributed by atoms with Gasteiger partial charge < -0.3 is 14.8 Å². The molecule has 1 N–H and O–H groups in total. The van der Waals surface area contributed by atoms with Crippen molar-refractivity contribution < 1.29 is 23.5 Å². The highest BCUT2D eigenvalue weighted by Gasteiger charge is 2.11. The number of esters is 1. The standard InChI is InChI=1S/C21H22FNO4/c1-2-26-20(24)19-12-11-18(22)14-17(19)10-6-7-13-23-21(25)27-15-16-8-4-3-5-9-16/h3-6,8-12,14H,2,7,13,15H2,1H3,(H,23,25). The summed E-state index contributed by atoms with van der Waals surface area (Å²) in [7, 11) is 0. The first-order valence-electron chi connectivity index (χ1n) is 8.68. The molecule has 0 radical (unpaired) electrons. The molecule has 6 heteroatoms. The third-order valence-electron chi connectivity index (χ3n) is 3.60. The van der Waals surface area contributed by atoms with E-state index >= 15 is 0 Å². The van der Waals surface area contributed by atoms with Crippen LogP contribution in [0.4, 0.5) is 9.18 Å². The summed E-state index contributed by atoms with van der Waals surface area (Å²) in [5.41, 5.74) is 1.63. The lowest BCUT2D eigenvalue weighted by Crippen LogP contribution is -2.24. The van der Waals surface area contributed by atoms with Gasteiger partial charge in [-0.05, 0) is 42.7 Å². The molecule has 2 aromatic rings. The van der Waals surface area contributed by atoms with Crippen molar-refractivity contribution in [2.75, 3.05) is 13.2 Å². The second kappa shape index (κ2) is 10.8. The summed E-state index contributed by atoms with van der Waals surface area (Å²) in [5, 5.41) is 2.63. The molecule has 0 fully saturated rings. The monoisotopic (exact) mass is 371 g/mol. The van der Waals surface area contributed by atoms with E-state index in [-0.39, 0.29) is 13.2 Å². The van der Waals surface area contributed by atoms with Crippen LogP contribution in [0.5, 0.6) is 0 Å². The fourth-order valence-corrected chi connectivity index (χ4v) is 2.31. The maximum atomic E-state index is 13.4. The Balaban J connectivity index is 1.79. The fourth-order valence-electron chi connectivity index (χ4n) is 2.31. The van der Waals surface area contributed by atoms with Crippen LogP contribution in [0, 0.1) is 5.82 Å². The van der Waals surface area contributed by atoms with Gasteiger partial charge in [-0.2, -0.15) is 0 Å². The quantitative estimate of drug-likeness (QED) is 0.554. The molecular formula is C21H22FNO4. The molecule has 27 heavy (non-hydrogen) atoms. The number of carbonyl (C=O) groups is 2. The van der Waals surface area contributed by atoms with Gasteiger partial charge in [0, 0.05) is 6.54 Å². The Morgan fingerprint density at radius 3 is 2.63 bits per heavy atom. The van der Waals surface area contributed by atoms with Crippen LogP contribution in [-0.2, 0) is 16.1 Å². The SMILES string of the molecule is CCOC(=O)c1ccc(F)cc1C=CCCNC(=O)OCc1ccccc1. The number of amides is 1. The number of hydrogen-bond donors (Lipinski definition) is 1. The third-order valence-corrected chi connectivity index (χ3v) is 3.60. The van der Waals surface area contributed by atoms with Gasteiger partial charge in [-0.1, -0.05) is 42.5 Å². The van der Waals surface area contributed by atoms with E-state index in [0.717, 1.165) is 5.56 Å². The number of benzene rings is 2. The van der Waals surface area contributed by atoms with E-state index < -0.39 is 17.9 Å². The van der Waals surface area contributed by atoms with Crippen LogP contribution in [0.2, 0.25) is 0 Å². The number of hydrogen-bond acceptors (Lipinski definition) is 4. The molecule has 2 aromatic carbocycles. The van der Waals surface area contributed by atoms with Gasteiger partial charge in [0.25, 0.3) is 0 Å². The Bertz CT molecular complexity index is 790. The van der Waals surface area contributed by atoms with E-state index in [1.54, 1.807) is 19.1 Å². The number of carbonyl (C=O) groups excluding carboxylic acids is 2. The first kappa shape index (κ1) is 20.2. The molecule has 0 aliphatic heterocycles. The first-order valence-corrected chi connectivity index (χ1v) is 8.68. The summed E-state index contributed by atoms with van der Waals surface area (Å²) in [5.74, 6) is -0.940. The fraction of sp³-hybridized carbons (Fsp3) is 0.238. The Kier molecular flexibility index (Phi) is 8.03. The normalized spacial score (nSPS) is 10.6. The number of halogens is 1. The van der Waals surface area contributed by atoms with Crippen LogP contribution < -0.4 is 5.32 Å².